The molecule has 0 aromatic heterocycles. The van der Waals surface area contributed by atoms with Crippen LogP contribution in [0.2, 0.25) is 0 Å². The first-order valence-electron chi connectivity index (χ1n) is 9.89. The van der Waals surface area contributed by atoms with E-state index in [4.69, 9.17) is 0 Å². The van der Waals surface area contributed by atoms with Crippen LogP contribution in [0.25, 0.3) is 21.5 Å². The number of benzene rings is 1. The molecule has 0 saturated carbocycles. The summed E-state index contributed by atoms with van der Waals surface area (Å²) in [5.74, 6) is 0.238. The van der Waals surface area contributed by atoms with Crippen LogP contribution < -0.4 is 10.3 Å². The van der Waals surface area contributed by atoms with E-state index in [1.165, 1.54) is 0 Å². The second-order valence-corrected chi connectivity index (χ2v) is 8.16. The number of piperidine rings is 1. The predicted octanol–water partition coefficient (Wildman–Crippen LogP) is 6.23. The minimum atomic E-state index is -4.67. The van der Waals surface area contributed by atoms with Crippen LogP contribution in [0.3, 0.4) is 0 Å². The van der Waals surface area contributed by atoms with Crippen molar-refractivity contribution >= 4 is 27.2 Å². The largest absolute Gasteiger partial charge is 0.420 e. The number of anilines is 1. The van der Waals surface area contributed by atoms with Gasteiger partial charge in [-0.15, -0.1) is 0 Å². The highest BCUT2D eigenvalue weighted by molar-refractivity contribution is 6.19. The SMILES string of the molecule is Cc1c(N2CCCCC2)c2c(=O)c(C(F)(F)F)cc3ccc(C(C)C)cc1c32. The van der Waals surface area contributed by atoms with E-state index in [-0.39, 0.29) is 11.3 Å². The van der Waals surface area contributed by atoms with Gasteiger partial charge in [-0.05, 0) is 60.1 Å². The van der Waals surface area contributed by atoms with Crippen LogP contribution in [0.5, 0.6) is 0 Å². The molecule has 1 aliphatic rings. The number of aryl methyl sites for hydroxylation is 1. The summed E-state index contributed by atoms with van der Waals surface area (Å²) in [5.41, 5.74) is 0.712. The van der Waals surface area contributed by atoms with Gasteiger partial charge in [0.2, 0.25) is 5.43 Å². The van der Waals surface area contributed by atoms with E-state index in [0.717, 1.165) is 54.9 Å². The third-order valence-electron chi connectivity index (χ3n) is 5.99. The molecule has 1 aliphatic heterocycles. The van der Waals surface area contributed by atoms with Gasteiger partial charge in [0.05, 0.1) is 11.1 Å². The Labute approximate surface area is 162 Å². The summed E-state index contributed by atoms with van der Waals surface area (Å²) in [5, 5.41) is 2.29. The molecule has 3 aromatic rings. The van der Waals surface area contributed by atoms with Gasteiger partial charge in [0.15, 0.2) is 0 Å². The molecule has 3 aromatic carbocycles. The molecule has 148 valence electrons. The molecule has 0 unspecified atom stereocenters. The summed E-state index contributed by atoms with van der Waals surface area (Å²) < 4.78 is 40.9. The van der Waals surface area contributed by atoms with Crippen molar-refractivity contribution in [2.75, 3.05) is 18.0 Å². The summed E-state index contributed by atoms with van der Waals surface area (Å²) >= 11 is 0. The van der Waals surface area contributed by atoms with Crippen molar-refractivity contribution in [3.63, 3.8) is 0 Å². The fraction of sp³-hybridized carbons (Fsp3) is 0.435. The molecule has 1 heterocycles. The van der Waals surface area contributed by atoms with Gasteiger partial charge < -0.3 is 4.90 Å². The van der Waals surface area contributed by atoms with Gasteiger partial charge in [0, 0.05) is 18.5 Å². The second kappa shape index (κ2) is 6.64. The van der Waals surface area contributed by atoms with Gasteiger partial charge in [0.25, 0.3) is 0 Å². The molecule has 0 bridgehead atoms. The standard InChI is InChI=1S/C23H24F3NO/c1-13(2)15-7-8-16-12-18(23(24,25)26)22(28)20-19(16)17(11-15)14(3)21(20)27-9-5-4-6-10-27/h7-8,11-13H,4-6,9-10H2,1-3H3. The Kier molecular flexibility index (Phi) is 4.52. The van der Waals surface area contributed by atoms with Crippen molar-refractivity contribution in [3.05, 3.63) is 51.2 Å². The zero-order valence-electron chi connectivity index (χ0n) is 16.4. The summed E-state index contributed by atoms with van der Waals surface area (Å²) in [6, 6.07) is 6.69. The molecule has 28 heavy (non-hydrogen) atoms. The normalized spacial score (nSPS) is 15.9. The van der Waals surface area contributed by atoms with Crippen molar-refractivity contribution in [3.8, 4) is 0 Å². The Bertz CT molecular complexity index is 1100. The first kappa shape index (κ1) is 19.0. The van der Waals surface area contributed by atoms with Crippen LogP contribution in [0.1, 0.15) is 55.7 Å². The molecule has 0 amide bonds. The Hall–Kier alpha value is -2.30. The molecule has 0 spiro atoms. The molecule has 0 atom stereocenters. The van der Waals surface area contributed by atoms with Gasteiger partial charge in [-0.2, -0.15) is 13.2 Å². The first-order valence-corrected chi connectivity index (χ1v) is 9.89. The minimum absolute atomic E-state index is 0.238. The molecule has 0 radical (unpaired) electrons. The Balaban J connectivity index is 2.19. The lowest BCUT2D eigenvalue weighted by atomic mass is 10.0. The van der Waals surface area contributed by atoms with Gasteiger partial charge in [0.1, 0.15) is 5.56 Å². The van der Waals surface area contributed by atoms with Crippen molar-refractivity contribution in [2.45, 2.75) is 52.1 Å². The Morgan fingerprint density at radius 3 is 2.29 bits per heavy atom. The van der Waals surface area contributed by atoms with E-state index in [0.29, 0.717) is 16.5 Å². The number of hydrogen-bond acceptors (Lipinski definition) is 2. The van der Waals surface area contributed by atoms with Crippen molar-refractivity contribution in [2.24, 2.45) is 0 Å². The first-order chi connectivity index (χ1) is 13.2. The summed E-state index contributed by atoms with van der Waals surface area (Å²) in [6.45, 7) is 7.62. The fourth-order valence-corrected chi connectivity index (χ4v) is 4.50. The number of rotatable bonds is 2. The molecule has 0 N–H and O–H groups in total. The van der Waals surface area contributed by atoms with Crippen LogP contribution in [-0.2, 0) is 6.18 Å². The van der Waals surface area contributed by atoms with Crippen LogP contribution in [0, 0.1) is 6.92 Å². The summed E-state index contributed by atoms with van der Waals surface area (Å²) in [4.78, 5) is 15.1. The zero-order valence-corrected chi connectivity index (χ0v) is 16.4. The molecule has 5 heteroatoms. The maximum atomic E-state index is 13.6. The lowest BCUT2D eigenvalue weighted by molar-refractivity contribution is -0.138. The Morgan fingerprint density at radius 2 is 1.68 bits per heavy atom. The number of hydrogen-bond donors (Lipinski definition) is 0. The topological polar surface area (TPSA) is 20.3 Å². The lowest BCUT2D eigenvalue weighted by Gasteiger charge is -2.29. The van der Waals surface area contributed by atoms with Gasteiger partial charge in [-0.25, -0.2) is 0 Å². The van der Waals surface area contributed by atoms with Gasteiger partial charge in [-0.1, -0.05) is 32.0 Å². The van der Waals surface area contributed by atoms with Crippen molar-refractivity contribution in [1.29, 1.82) is 0 Å². The summed E-state index contributed by atoms with van der Waals surface area (Å²) in [7, 11) is 0. The Morgan fingerprint density at radius 1 is 1.00 bits per heavy atom. The van der Waals surface area contributed by atoms with E-state index < -0.39 is 17.2 Å². The number of nitrogens with zero attached hydrogens (tertiary/aromatic N) is 1. The number of alkyl halides is 3. The van der Waals surface area contributed by atoms with E-state index in [1.54, 1.807) is 6.07 Å². The van der Waals surface area contributed by atoms with Crippen molar-refractivity contribution in [1.82, 2.24) is 0 Å². The average Bonchev–Trinajstić information content (AvgIpc) is 2.80. The van der Waals surface area contributed by atoms with E-state index >= 15 is 0 Å². The zero-order chi connectivity index (χ0) is 20.2. The quantitative estimate of drug-likeness (QED) is 0.519. The molecule has 0 aliphatic carbocycles. The molecule has 2 nitrogen and oxygen atoms in total. The number of halogens is 3. The maximum Gasteiger partial charge on any atom is 0.420 e. The van der Waals surface area contributed by atoms with E-state index in [2.05, 4.69) is 24.8 Å². The van der Waals surface area contributed by atoms with Gasteiger partial charge >= 0.3 is 6.18 Å². The van der Waals surface area contributed by atoms with Crippen molar-refractivity contribution < 1.29 is 13.2 Å². The lowest BCUT2D eigenvalue weighted by Crippen LogP contribution is -2.30. The van der Waals surface area contributed by atoms with E-state index in [9.17, 15) is 18.0 Å². The average molecular weight is 387 g/mol. The smallest absolute Gasteiger partial charge is 0.371 e. The van der Waals surface area contributed by atoms with Crippen LogP contribution in [0.4, 0.5) is 18.9 Å². The third-order valence-corrected chi connectivity index (χ3v) is 5.99. The van der Waals surface area contributed by atoms with Crippen LogP contribution in [-0.4, -0.2) is 13.1 Å². The fourth-order valence-electron chi connectivity index (χ4n) is 4.50. The van der Waals surface area contributed by atoms with Crippen LogP contribution >= 0.6 is 0 Å². The van der Waals surface area contributed by atoms with E-state index in [1.807, 2.05) is 13.0 Å². The second-order valence-electron chi connectivity index (χ2n) is 8.16. The predicted molar refractivity (Wildman–Crippen MR) is 109 cm³/mol. The molecular weight excluding hydrogens is 363 g/mol. The molecule has 1 saturated heterocycles. The third kappa shape index (κ3) is 2.92. The highest BCUT2D eigenvalue weighted by atomic mass is 19.4. The van der Waals surface area contributed by atoms with Crippen LogP contribution in [0.15, 0.2) is 29.1 Å². The highest BCUT2D eigenvalue weighted by Gasteiger charge is 2.36. The molecular formula is C23H24F3NO. The maximum absolute atomic E-state index is 13.6. The molecule has 1 fully saturated rings. The monoisotopic (exact) mass is 387 g/mol. The minimum Gasteiger partial charge on any atom is -0.371 e. The highest BCUT2D eigenvalue weighted by Crippen LogP contribution is 2.42. The molecule has 4 rings (SSSR count). The summed E-state index contributed by atoms with van der Waals surface area (Å²) in [6.07, 6.45) is -1.56. The van der Waals surface area contributed by atoms with Gasteiger partial charge in [-0.3, -0.25) is 4.79 Å².